The van der Waals surface area contributed by atoms with Crippen molar-refractivity contribution in [2.24, 2.45) is 0 Å². The van der Waals surface area contributed by atoms with Gasteiger partial charge in [0.1, 0.15) is 0 Å². The monoisotopic (exact) mass is 283 g/mol. The van der Waals surface area contributed by atoms with Crippen LogP contribution in [0.3, 0.4) is 0 Å². The molecule has 2 heterocycles. The molecule has 0 amide bonds. The minimum Gasteiger partial charge on any atom is -0.256 e. The molecule has 0 bridgehead atoms. The summed E-state index contributed by atoms with van der Waals surface area (Å²) in [6.45, 7) is 0. The Hall–Kier alpha value is -3.07. The summed E-state index contributed by atoms with van der Waals surface area (Å²) < 4.78 is 0. The van der Waals surface area contributed by atoms with Crippen LogP contribution in [0.4, 0.5) is 0 Å². The van der Waals surface area contributed by atoms with E-state index in [1.54, 1.807) is 12.4 Å². The molecule has 2 aromatic heterocycles. The average molecular weight is 283 g/mol. The highest BCUT2D eigenvalue weighted by molar-refractivity contribution is 5.96. The van der Waals surface area contributed by atoms with E-state index in [1.807, 2.05) is 24.4 Å². The maximum atomic E-state index is 4.47. The molecule has 0 saturated carbocycles. The van der Waals surface area contributed by atoms with Gasteiger partial charge in [-0.05, 0) is 41.0 Å². The molecule has 104 valence electrons. The SMILES string of the molecule is c1ccc(-c2ccc3nccc(-c4ccnnc4)c3c2)cc1. The number of hydrogen-bond donors (Lipinski definition) is 0. The zero-order valence-corrected chi connectivity index (χ0v) is 11.8. The van der Waals surface area contributed by atoms with Crippen LogP contribution in [0.5, 0.6) is 0 Å². The van der Waals surface area contributed by atoms with Gasteiger partial charge in [-0.2, -0.15) is 10.2 Å². The van der Waals surface area contributed by atoms with Crippen molar-refractivity contribution in [3.63, 3.8) is 0 Å². The highest BCUT2D eigenvalue weighted by Gasteiger charge is 2.06. The summed E-state index contributed by atoms with van der Waals surface area (Å²) in [6, 6.07) is 20.7. The lowest BCUT2D eigenvalue weighted by Gasteiger charge is -2.08. The van der Waals surface area contributed by atoms with E-state index in [9.17, 15) is 0 Å². The number of nitrogens with zero attached hydrogens (tertiary/aromatic N) is 3. The van der Waals surface area contributed by atoms with Gasteiger partial charge in [0.15, 0.2) is 0 Å². The third-order valence-corrected chi connectivity index (χ3v) is 3.74. The first-order valence-corrected chi connectivity index (χ1v) is 7.13. The number of pyridine rings is 1. The molecule has 0 atom stereocenters. The molecule has 0 aliphatic heterocycles. The summed E-state index contributed by atoms with van der Waals surface area (Å²) in [5.74, 6) is 0. The smallest absolute Gasteiger partial charge is 0.0708 e. The van der Waals surface area contributed by atoms with E-state index in [4.69, 9.17) is 0 Å². The molecule has 3 heteroatoms. The van der Waals surface area contributed by atoms with Crippen LogP contribution in [0.2, 0.25) is 0 Å². The Bertz CT molecular complexity index is 919. The number of benzene rings is 2. The first-order valence-electron chi connectivity index (χ1n) is 7.13. The molecule has 0 N–H and O–H groups in total. The molecular formula is C19H13N3. The van der Waals surface area contributed by atoms with Crippen molar-refractivity contribution in [2.45, 2.75) is 0 Å². The summed E-state index contributed by atoms with van der Waals surface area (Å²) in [5.41, 5.74) is 5.54. The van der Waals surface area contributed by atoms with Gasteiger partial charge in [0.05, 0.1) is 17.9 Å². The second kappa shape index (κ2) is 5.37. The minimum absolute atomic E-state index is 0.981. The highest BCUT2D eigenvalue weighted by atomic mass is 15.1. The van der Waals surface area contributed by atoms with Gasteiger partial charge in [-0.1, -0.05) is 36.4 Å². The molecule has 0 radical (unpaired) electrons. The third kappa shape index (κ3) is 2.23. The Kier molecular flexibility index (Phi) is 3.09. The van der Waals surface area contributed by atoms with Gasteiger partial charge in [0, 0.05) is 17.1 Å². The largest absolute Gasteiger partial charge is 0.256 e. The first kappa shape index (κ1) is 12.7. The highest BCUT2D eigenvalue weighted by Crippen LogP contribution is 2.30. The van der Waals surface area contributed by atoms with E-state index < -0.39 is 0 Å². The molecule has 22 heavy (non-hydrogen) atoms. The van der Waals surface area contributed by atoms with Crippen LogP contribution in [0, 0.1) is 0 Å². The molecule has 0 fully saturated rings. The summed E-state index contributed by atoms with van der Waals surface area (Å²) in [5, 5.41) is 8.95. The number of aromatic nitrogens is 3. The Morgan fingerprint density at radius 1 is 0.636 bits per heavy atom. The fraction of sp³-hybridized carbons (Fsp3) is 0. The maximum Gasteiger partial charge on any atom is 0.0708 e. The number of hydrogen-bond acceptors (Lipinski definition) is 3. The predicted octanol–water partition coefficient (Wildman–Crippen LogP) is 4.36. The van der Waals surface area contributed by atoms with Crippen molar-refractivity contribution in [1.82, 2.24) is 15.2 Å². The quantitative estimate of drug-likeness (QED) is 0.548. The Labute approximate surface area is 128 Å². The molecule has 0 unspecified atom stereocenters. The lowest BCUT2D eigenvalue weighted by atomic mass is 9.98. The van der Waals surface area contributed by atoms with Crippen LogP contribution >= 0.6 is 0 Å². The van der Waals surface area contributed by atoms with Gasteiger partial charge >= 0.3 is 0 Å². The van der Waals surface area contributed by atoms with Crippen LogP contribution < -0.4 is 0 Å². The van der Waals surface area contributed by atoms with Crippen molar-refractivity contribution in [1.29, 1.82) is 0 Å². The second-order valence-corrected chi connectivity index (χ2v) is 5.09. The molecule has 0 aliphatic rings. The predicted molar refractivity (Wildman–Crippen MR) is 88.2 cm³/mol. The van der Waals surface area contributed by atoms with E-state index >= 15 is 0 Å². The van der Waals surface area contributed by atoms with E-state index in [-0.39, 0.29) is 0 Å². The molecule has 4 rings (SSSR count). The van der Waals surface area contributed by atoms with Crippen molar-refractivity contribution in [2.75, 3.05) is 0 Å². The Balaban J connectivity index is 1.95. The van der Waals surface area contributed by atoms with E-state index in [0.29, 0.717) is 0 Å². The van der Waals surface area contributed by atoms with E-state index in [2.05, 4.69) is 57.6 Å². The van der Waals surface area contributed by atoms with Crippen LogP contribution in [0.15, 0.2) is 79.3 Å². The van der Waals surface area contributed by atoms with Crippen molar-refractivity contribution in [3.8, 4) is 22.3 Å². The lowest BCUT2D eigenvalue weighted by molar-refractivity contribution is 1.03. The van der Waals surface area contributed by atoms with Crippen LogP contribution in [0.25, 0.3) is 33.2 Å². The molecular weight excluding hydrogens is 270 g/mol. The van der Waals surface area contributed by atoms with Gasteiger partial charge in [-0.15, -0.1) is 0 Å². The summed E-state index contributed by atoms with van der Waals surface area (Å²) in [7, 11) is 0. The third-order valence-electron chi connectivity index (χ3n) is 3.74. The van der Waals surface area contributed by atoms with Gasteiger partial charge in [-0.3, -0.25) is 4.98 Å². The molecule has 3 nitrogen and oxygen atoms in total. The Morgan fingerprint density at radius 3 is 2.36 bits per heavy atom. The lowest BCUT2D eigenvalue weighted by Crippen LogP contribution is -1.87. The van der Waals surface area contributed by atoms with Crippen molar-refractivity contribution < 1.29 is 0 Å². The van der Waals surface area contributed by atoms with Gasteiger partial charge in [0.2, 0.25) is 0 Å². The molecule has 2 aromatic carbocycles. The van der Waals surface area contributed by atoms with Gasteiger partial charge in [0.25, 0.3) is 0 Å². The number of fused-ring (bicyclic) bond motifs is 1. The van der Waals surface area contributed by atoms with Crippen LogP contribution in [0.1, 0.15) is 0 Å². The fourth-order valence-corrected chi connectivity index (χ4v) is 2.66. The zero-order valence-electron chi connectivity index (χ0n) is 11.8. The van der Waals surface area contributed by atoms with Crippen LogP contribution in [-0.2, 0) is 0 Å². The molecule has 4 aromatic rings. The second-order valence-electron chi connectivity index (χ2n) is 5.09. The minimum atomic E-state index is 0.981. The Morgan fingerprint density at radius 2 is 1.55 bits per heavy atom. The van der Waals surface area contributed by atoms with Gasteiger partial charge in [-0.25, -0.2) is 0 Å². The number of rotatable bonds is 2. The molecule has 0 saturated heterocycles. The average Bonchev–Trinajstić information content (AvgIpc) is 2.62. The molecule has 0 spiro atoms. The van der Waals surface area contributed by atoms with E-state index in [0.717, 1.165) is 22.0 Å². The fourth-order valence-electron chi connectivity index (χ4n) is 2.66. The van der Waals surface area contributed by atoms with Crippen LogP contribution in [-0.4, -0.2) is 15.2 Å². The summed E-state index contributed by atoms with van der Waals surface area (Å²) >= 11 is 0. The van der Waals surface area contributed by atoms with E-state index in [1.165, 1.54) is 11.1 Å². The summed E-state index contributed by atoms with van der Waals surface area (Å²) in [6.07, 6.45) is 5.33. The topological polar surface area (TPSA) is 38.7 Å². The summed E-state index contributed by atoms with van der Waals surface area (Å²) in [4.78, 5) is 4.47. The van der Waals surface area contributed by atoms with Gasteiger partial charge < -0.3 is 0 Å². The molecule has 0 aliphatic carbocycles. The first-order chi connectivity index (χ1) is 10.9. The standard InChI is InChI=1S/C19H13N3/c1-2-4-14(5-3-1)15-6-7-19-18(12-15)17(9-10-20-19)16-8-11-21-22-13-16/h1-13H. The van der Waals surface area contributed by atoms with Crippen molar-refractivity contribution >= 4 is 10.9 Å². The van der Waals surface area contributed by atoms with Crippen molar-refractivity contribution in [3.05, 3.63) is 79.3 Å². The zero-order chi connectivity index (χ0) is 14.8. The normalized spacial score (nSPS) is 10.7. The maximum absolute atomic E-state index is 4.47.